The van der Waals surface area contributed by atoms with Crippen LogP contribution >= 0.6 is 0 Å². The number of phenolic OH excluding ortho intramolecular Hbond substituents is 1. The monoisotopic (exact) mass is 189 g/mol. The summed E-state index contributed by atoms with van der Waals surface area (Å²) in [6, 6.07) is 0.368. The van der Waals surface area contributed by atoms with Crippen molar-refractivity contribution in [3.8, 4) is 5.75 Å². The van der Waals surface area contributed by atoms with Crippen molar-refractivity contribution >= 4 is 5.69 Å². The Hall–Kier alpha value is -1.72. The van der Waals surface area contributed by atoms with Gasteiger partial charge in [-0.25, -0.2) is 4.39 Å². The van der Waals surface area contributed by atoms with Gasteiger partial charge in [0.15, 0.2) is 0 Å². The third kappa shape index (κ3) is 1.42. The van der Waals surface area contributed by atoms with Gasteiger partial charge in [0.1, 0.15) is 5.82 Å². The van der Waals surface area contributed by atoms with E-state index in [1.165, 1.54) is 0 Å². The molecule has 0 spiro atoms. The molecule has 1 N–H and O–H groups in total. The molecule has 0 heterocycles. The van der Waals surface area contributed by atoms with Crippen molar-refractivity contribution in [1.82, 2.24) is 0 Å². The number of hydrogen-bond acceptors (Lipinski definition) is 3. The third-order valence-electron chi connectivity index (χ3n) is 1.60. The van der Waals surface area contributed by atoms with Gasteiger partial charge in [0.2, 0.25) is 11.6 Å². The minimum atomic E-state index is -1.38. The van der Waals surface area contributed by atoms with E-state index in [1.807, 2.05) is 0 Å². The Morgan fingerprint density at radius 3 is 2.46 bits per heavy atom. The fourth-order valence-corrected chi connectivity index (χ4v) is 0.865. The molecule has 0 saturated carbocycles. The molecule has 1 aromatic rings. The van der Waals surface area contributed by atoms with Crippen LogP contribution in [0.2, 0.25) is 0 Å². The maximum absolute atomic E-state index is 12.7. The molecule has 6 heteroatoms. The standard InChI is InChI=1S/C7H5F2NO3/c1-3-4(8)2-5(9)6(7(3)11)10(12)13/h2,11H,1H3. The molecule has 1 aromatic carbocycles. The zero-order valence-corrected chi connectivity index (χ0v) is 6.54. The van der Waals surface area contributed by atoms with Crippen molar-refractivity contribution in [2.45, 2.75) is 6.92 Å². The smallest absolute Gasteiger partial charge is 0.346 e. The first-order valence-corrected chi connectivity index (χ1v) is 3.27. The highest BCUT2D eigenvalue weighted by Gasteiger charge is 2.24. The summed E-state index contributed by atoms with van der Waals surface area (Å²) in [5.41, 5.74) is -1.44. The van der Waals surface area contributed by atoms with Crippen molar-refractivity contribution in [3.63, 3.8) is 0 Å². The van der Waals surface area contributed by atoms with E-state index < -0.39 is 28.0 Å². The average Bonchev–Trinajstić information content (AvgIpc) is 1.99. The lowest BCUT2D eigenvalue weighted by Crippen LogP contribution is -1.96. The van der Waals surface area contributed by atoms with Crippen LogP contribution in [0.3, 0.4) is 0 Å². The lowest BCUT2D eigenvalue weighted by atomic mass is 10.2. The van der Waals surface area contributed by atoms with Crippen LogP contribution in [0.5, 0.6) is 5.75 Å². The largest absolute Gasteiger partial charge is 0.502 e. The normalized spacial score (nSPS) is 10.1. The number of nitro benzene ring substituents is 1. The van der Waals surface area contributed by atoms with Crippen LogP contribution < -0.4 is 0 Å². The first-order valence-electron chi connectivity index (χ1n) is 3.27. The Bertz CT molecular complexity index is 378. The van der Waals surface area contributed by atoms with Crippen LogP contribution in [0.25, 0.3) is 0 Å². The Morgan fingerprint density at radius 1 is 1.46 bits per heavy atom. The molecule has 0 fully saturated rings. The molecule has 0 aliphatic heterocycles. The number of aromatic hydroxyl groups is 1. The third-order valence-corrected chi connectivity index (χ3v) is 1.60. The predicted molar refractivity (Wildman–Crippen MR) is 39.4 cm³/mol. The summed E-state index contributed by atoms with van der Waals surface area (Å²) < 4.78 is 25.4. The lowest BCUT2D eigenvalue weighted by molar-refractivity contribution is -0.388. The zero-order chi connectivity index (χ0) is 10.2. The van der Waals surface area contributed by atoms with Crippen LogP contribution in [-0.2, 0) is 0 Å². The summed E-state index contributed by atoms with van der Waals surface area (Å²) in [4.78, 5) is 9.09. The fraction of sp³-hybridized carbons (Fsp3) is 0.143. The Balaban J connectivity index is 3.53. The highest BCUT2D eigenvalue weighted by molar-refractivity contribution is 5.51. The lowest BCUT2D eigenvalue weighted by Gasteiger charge is -2.01. The molecule has 0 aromatic heterocycles. The molecule has 0 unspecified atom stereocenters. The molecule has 0 bridgehead atoms. The van der Waals surface area contributed by atoms with Gasteiger partial charge in [-0.05, 0) is 6.92 Å². The molecule has 0 radical (unpaired) electrons. The molecule has 0 aliphatic carbocycles. The first kappa shape index (κ1) is 9.37. The summed E-state index contributed by atoms with van der Waals surface area (Å²) in [6.45, 7) is 1.12. The van der Waals surface area contributed by atoms with Crippen LogP contribution in [-0.4, -0.2) is 10.0 Å². The van der Waals surface area contributed by atoms with Gasteiger partial charge >= 0.3 is 5.69 Å². The molecule has 13 heavy (non-hydrogen) atoms. The summed E-state index contributed by atoms with van der Waals surface area (Å²) in [5.74, 6) is -3.37. The highest BCUT2D eigenvalue weighted by Crippen LogP contribution is 2.33. The van der Waals surface area contributed by atoms with E-state index in [9.17, 15) is 18.9 Å². The molecular weight excluding hydrogens is 184 g/mol. The van der Waals surface area contributed by atoms with Crippen molar-refractivity contribution in [1.29, 1.82) is 0 Å². The van der Waals surface area contributed by atoms with E-state index >= 15 is 0 Å². The molecule has 0 aliphatic rings. The predicted octanol–water partition coefficient (Wildman–Crippen LogP) is 1.89. The van der Waals surface area contributed by atoms with Crippen LogP contribution in [0.1, 0.15) is 5.56 Å². The van der Waals surface area contributed by atoms with Gasteiger partial charge < -0.3 is 5.11 Å². The Labute approximate surface area is 71.6 Å². The zero-order valence-electron chi connectivity index (χ0n) is 6.54. The number of rotatable bonds is 1. The summed E-state index contributed by atoms with van der Waals surface area (Å²) >= 11 is 0. The van der Waals surface area contributed by atoms with Gasteiger partial charge in [0.05, 0.1) is 4.92 Å². The SMILES string of the molecule is Cc1c(F)cc(F)c([N+](=O)[O-])c1O. The van der Waals surface area contributed by atoms with Crippen LogP contribution in [0.15, 0.2) is 6.07 Å². The minimum Gasteiger partial charge on any atom is -0.502 e. The maximum Gasteiger partial charge on any atom is 0.346 e. The summed E-state index contributed by atoms with van der Waals surface area (Å²) in [6.07, 6.45) is 0. The van der Waals surface area contributed by atoms with Crippen molar-refractivity contribution in [2.24, 2.45) is 0 Å². The average molecular weight is 189 g/mol. The van der Waals surface area contributed by atoms with E-state index in [4.69, 9.17) is 5.11 Å². The van der Waals surface area contributed by atoms with Crippen molar-refractivity contribution < 1.29 is 18.8 Å². The number of nitrogens with zero attached hydrogens (tertiary/aromatic N) is 1. The van der Waals surface area contributed by atoms with E-state index in [2.05, 4.69) is 0 Å². The quantitative estimate of drug-likeness (QED) is 0.541. The van der Waals surface area contributed by atoms with Crippen molar-refractivity contribution in [2.75, 3.05) is 0 Å². The number of benzene rings is 1. The molecule has 70 valence electrons. The summed E-state index contributed by atoms with van der Waals surface area (Å²) in [7, 11) is 0. The second-order valence-electron chi connectivity index (χ2n) is 2.42. The van der Waals surface area contributed by atoms with Gasteiger partial charge in [-0.1, -0.05) is 0 Å². The molecule has 1 rings (SSSR count). The first-order chi connectivity index (χ1) is 5.95. The van der Waals surface area contributed by atoms with E-state index in [-0.39, 0.29) is 5.56 Å². The fourth-order valence-electron chi connectivity index (χ4n) is 0.865. The minimum absolute atomic E-state index is 0.340. The number of nitro groups is 1. The van der Waals surface area contributed by atoms with Gasteiger partial charge in [-0.15, -0.1) is 0 Å². The molecule has 0 saturated heterocycles. The number of halogens is 2. The molecular formula is C7H5F2NO3. The molecule has 4 nitrogen and oxygen atoms in total. The van der Waals surface area contributed by atoms with E-state index in [0.29, 0.717) is 6.07 Å². The summed E-state index contributed by atoms with van der Waals surface area (Å²) in [5, 5.41) is 19.2. The van der Waals surface area contributed by atoms with E-state index in [0.717, 1.165) is 6.92 Å². The number of phenols is 1. The topological polar surface area (TPSA) is 63.4 Å². The van der Waals surface area contributed by atoms with Gasteiger partial charge in [0.25, 0.3) is 0 Å². The maximum atomic E-state index is 12.7. The number of hydrogen-bond donors (Lipinski definition) is 1. The van der Waals surface area contributed by atoms with Gasteiger partial charge in [-0.2, -0.15) is 4.39 Å². The highest BCUT2D eigenvalue weighted by atomic mass is 19.1. The van der Waals surface area contributed by atoms with Crippen molar-refractivity contribution in [3.05, 3.63) is 33.4 Å². The second-order valence-corrected chi connectivity index (χ2v) is 2.42. The van der Waals surface area contributed by atoms with E-state index in [1.54, 1.807) is 0 Å². The Morgan fingerprint density at radius 2 is 2.00 bits per heavy atom. The van der Waals surface area contributed by atoms with Crippen LogP contribution in [0.4, 0.5) is 14.5 Å². The Kier molecular flexibility index (Phi) is 2.14. The van der Waals surface area contributed by atoms with Gasteiger partial charge in [0, 0.05) is 11.6 Å². The van der Waals surface area contributed by atoms with Gasteiger partial charge in [-0.3, -0.25) is 10.1 Å². The second kappa shape index (κ2) is 2.96. The molecule has 0 atom stereocenters. The molecule has 0 amide bonds. The van der Waals surface area contributed by atoms with Crippen LogP contribution in [0, 0.1) is 28.7 Å².